The number of halogens is 5. The average molecular weight is 453 g/mol. The van der Waals surface area contributed by atoms with Gasteiger partial charge in [0.15, 0.2) is 23.3 Å². The van der Waals surface area contributed by atoms with Gasteiger partial charge in [-0.05, 0) is 37.1 Å². The van der Waals surface area contributed by atoms with Crippen molar-refractivity contribution in [1.82, 2.24) is 15.0 Å². The largest absolute Gasteiger partial charge is 0.497 e. The van der Waals surface area contributed by atoms with Crippen LogP contribution in [0.25, 0.3) is 11.4 Å². The molecule has 6 nitrogen and oxygen atoms in total. The van der Waals surface area contributed by atoms with Crippen LogP contribution in [0.1, 0.15) is 35.0 Å². The topological polar surface area (TPSA) is 68.5 Å². The fraction of sp³-hybridized carbons (Fsp3) is 0.286. The molecule has 4 rings (SSSR count). The lowest BCUT2D eigenvalue weighted by Gasteiger charge is -2.30. The van der Waals surface area contributed by atoms with Crippen LogP contribution in [0.2, 0.25) is 0 Å². The highest BCUT2D eigenvalue weighted by atomic mass is 19.2. The molecule has 11 heteroatoms. The van der Waals surface area contributed by atoms with Crippen LogP contribution in [0.3, 0.4) is 0 Å². The average Bonchev–Trinajstić information content (AvgIpc) is 3.32. The third-order valence-electron chi connectivity index (χ3n) is 5.35. The predicted octanol–water partition coefficient (Wildman–Crippen LogP) is 4.46. The van der Waals surface area contributed by atoms with E-state index in [4.69, 9.17) is 9.26 Å². The Balaban J connectivity index is 1.46. The Morgan fingerprint density at radius 3 is 2.09 bits per heavy atom. The second-order valence-corrected chi connectivity index (χ2v) is 7.20. The summed E-state index contributed by atoms with van der Waals surface area (Å²) in [7, 11) is 1.55. The molecule has 1 saturated heterocycles. The molecule has 1 aromatic heterocycles. The number of hydrogen-bond donors (Lipinski definition) is 0. The minimum atomic E-state index is -2.31. The highest BCUT2D eigenvalue weighted by molar-refractivity contribution is 5.95. The van der Waals surface area contributed by atoms with Gasteiger partial charge >= 0.3 is 0 Å². The molecule has 1 amide bonds. The van der Waals surface area contributed by atoms with Gasteiger partial charge in [-0.2, -0.15) is 4.98 Å². The van der Waals surface area contributed by atoms with E-state index in [0.717, 1.165) is 4.90 Å². The Morgan fingerprint density at radius 1 is 0.969 bits per heavy atom. The standard InChI is InChI=1S/C21H16F5N3O3/c1-31-12-4-2-10(3-5-12)19-27-20(32-28-19)11-6-8-29(9-7-11)21(30)13-14(22)16(24)18(26)17(25)15(13)23/h2-5,11H,6-9H2,1H3. The molecule has 1 fully saturated rings. The summed E-state index contributed by atoms with van der Waals surface area (Å²) in [5.41, 5.74) is -0.751. The highest BCUT2D eigenvalue weighted by Gasteiger charge is 2.34. The molecule has 32 heavy (non-hydrogen) atoms. The maximum atomic E-state index is 14.0. The first kappa shape index (κ1) is 21.7. The van der Waals surface area contributed by atoms with Gasteiger partial charge in [0, 0.05) is 24.6 Å². The number of likely N-dealkylation sites (tertiary alicyclic amines) is 1. The van der Waals surface area contributed by atoms with Crippen LogP contribution in [-0.4, -0.2) is 41.1 Å². The quantitative estimate of drug-likeness (QED) is 0.332. The van der Waals surface area contributed by atoms with Crippen LogP contribution < -0.4 is 4.74 Å². The van der Waals surface area contributed by atoms with E-state index in [-0.39, 0.29) is 19.0 Å². The summed E-state index contributed by atoms with van der Waals surface area (Å²) in [6.07, 6.45) is 0.622. The second kappa shape index (κ2) is 8.56. The van der Waals surface area contributed by atoms with E-state index in [2.05, 4.69) is 10.1 Å². The Hall–Kier alpha value is -3.50. The lowest BCUT2D eigenvalue weighted by atomic mass is 9.96. The maximum absolute atomic E-state index is 14.0. The molecule has 1 aliphatic rings. The van der Waals surface area contributed by atoms with Crippen molar-refractivity contribution in [2.75, 3.05) is 20.2 Å². The first-order chi connectivity index (χ1) is 15.3. The van der Waals surface area contributed by atoms with Gasteiger partial charge in [0.1, 0.15) is 11.3 Å². The molecule has 0 bridgehead atoms. The first-order valence-corrected chi connectivity index (χ1v) is 9.60. The molecule has 0 aliphatic carbocycles. The van der Waals surface area contributed by atoms with E-state index in [1.807, 2.05) is 0 Å². The van der Waals surface area contributed by atoms with E-state index in [1.54, 1.807) is 31.4 Å². The molecule has 0 saturated carbocycles. The number of hydrogen-bond acceptors (Lipinski definition) is 5. The summed E-state index contributed by atoms with van der Waals surface area (Å²) < 4.78 is 78.4. The Kier molecular flexibility index (Phi) is 5.81. The summed E-state index contributed by atoms with van der Waals surface area (Å²) in [4.78, 5) is 17.9. The van der Waals surface area contributed by atoms with Crippen molar-refractivity contribution >= 4 is 5.91 Å². The zero-order chi connectivity index (χ0) is 23.0. The molecular formula is C21H16F5N3O3. The number of methoxy groups -OCH3 is 1. The van der Waals surface area contributed by atoms with Crippen LogP contribution in [0.5, 0.6) is 5.75 Å². The van der Waals surface area contributed by atoms with E-state index in [9.17, 15) is 26.7 Å². The van der Waals surface area contributed by atoms with Gasteiger partial charge in [0.25, 0.3) is 5.91 Å². The molecule has 168 valence electrons. The molecule has 2 aromatic carbocycles. The van der Waals surface area contributed by atoms with Gasteiger partial charge in [-0.3, -0.25) is 4.79 Å². The number of amides is 1. The van der Waals surface area contributed by atoms with Crippen molar-refractivity contribution in [3.05, 3.63) is 64.8 Å². The number of benzene rings is 2. The Morgan fingerprint density at radius 2 is 1.53 bits per heavy atom. The van der Waals surface area contributed by atoms with Crippen molar-refractivity contribution in [3.63, 3.8) is 0 Å². The number of aromatic nitrogens is 2. The summed E-state index contributed by atoms with van der Waals surface area (Å²) >= 11 is 0. The number of rotatable bonds is 4. The van der Waals surface area contributed by atoms with Gasteiger partial charge in [0.05, 0.1) is 7.11 Å². The Labute approximate surface area is 178 Å². The zero-order valence-electron chi connectivity index (χ0n) is 16.7. The molecule has 0 unspecified atom stereocenters. The third-order valence-corrected chi connectivity index (χ3v) is 5.35. The molecule has 3 aromatic rings. The lowest BCUT2D eigenvalue weighted by Crippen LogP contribution is -2.39. The van der Waals surface area contributed by atoms with Gasteiger partial charge in [-0.1, -0.05) is 5.16 Å². The number of carbonyl (C=O) groups excluding carboxylic acids is 1. The molecule has 2 heterocycles. The molecular weight excluding hydrogens is 437 g/mol. The summed E-state index contributed by atoms with van der Waals surface area (Å²) in [5.74, 6) is -11.0. The van der Waals surface area contributed by atoms with Crippen LogP contribution >= 0.6 is 0 Å². The van der Waals surface area contributed by atoms with Crippen LogP contribution in [0.15, 0.2) is 28.8 Å². The van der Waals surface area contributed by atoms with Crippen LogP contribution in [-0.2, 0) is 0 Å². The highest BCUT2D eigenvalue weighted by Crippen LogP contribution is 2.31. The third kappa shape index (κ3) is 3.78. The van der Waals surface area contributed by atoms with E-state index in [1.165, 1.54) is 0 Å². The molecule has 0 spiro atoms. The fourth-order valence-corrected chi connectivity index (χ4v) is 3.54. The van der Waals surface area contributed by atoms with E-state index >= 15 is 0 Å². The van der Waals surface area contributed by atoms with Crippen molar-refractivity contribution in [1.29, 1.82) is 0 Å². The van der Waals surface area contributed by atoms with E-state index in [0.29, 0.717) is 35.9 Å². The van der Waals surface area contributed by atoms with Gasteiger partial charge < -0.3 is 14.2 Å². The van der Waals surface area contributed by atoms with Crippen molar-refractivity contribution in [2.24, 2.45) is 0 Å². The number of piperidine rings is 1. The predicted molar refractivity (Wildman–Crippen MR) is 100 cm³/mol. The van der Waals surface area contributed by atoms with Gasteiger partial charge in [0.2, 0.25) is 17.5 Å². The van der Waals surface area contributed by atoms with Crippen LogP contribution in [0, 0.1) is 29.1 Å². The van der Waals surface area contributed by atoms with Gasteiger partial charge in [-0.15, -0.1) is 0 Å². The Bertz CT molecular complexity index is 1130. The maximum Gasteiger partial charge on any atom is 0.260 e. The SMILES string of the molecule is COc1ccc(-c2noc(C3CCN(C(=O)c4c(F)c(F)c(F)c(F)c4F)CC3)n2)cc1. The van der Waals surface area contributed by atoms with Crippen molar-refractivity contribution in [2.45, 2.75) is 18.8 Å². The first-order valence-electron chi connectivity index (χ1n) is 9.60. The minimum Gasteiger partial charge on any atom is -0.497 e. The van der Waals surface area contributed by atoms with Crippen LogP contribution in [0.4, 0.5) is 22.0 Å². The zero-order valence-corrected chi connectivity index (χ0v) is 16.7. The monoisotopic (exact) mass is 453 g/mol. The summed E-state index contributed by atoms with van der Waals surface area (Å²) in [6, 6.07) is 7.02. The summed E-state index contributed by atoms with van der Waals surface area (Å²) in [5, 5.41) is 3.94. The number of carbonyl (C=O) groups is 1. The van der Waals surface area contributed by atoms with E-state index < -0.39 is 40.6 Å². The fourth-order valence-electron chi connectivity index (χ4n) is 3.54. The van der Waals surface area contributed by atoms with Crippen molar-refractivity contribution in [3.8, 4) is 17.1 Å². The second-order valence-electron chi connectivity index (χ2n) is 7.20. The summed E-state index contributed by atoms with van der Waals surface area (Å²) in [6.45, 7) is 0.0342. The molecule has 0 atom stereocenters. The lowest BCUT2D eigenvalue weighted by molar-refractivity contribution is 0.0691. The molecule has 0 N–H and O–H groups in total. The number of nitrogens with zero attached hydrogens (tertiary/aromatic N) is 3. The number of ether oxygens (including phenoxy) is 1. The molecule has 0 radical (unpaired) electrons. The molecule has 1 aliphatic heterocycles. The normalized spacial score (nSPS) is 14.6. The van der Waals surface area contributed by atoms with Gasteiger partial charge in [-0.25, -0.2) is 22.0 Å². The smallest absolute Gasteiger partial charge is 0.260 e. The van der Waals surface area contributed by atoms with Crippen molar-refractivity contribution < 1.29 is 36.0 Å². The minimum absolute atomic E-state index is 0.0171.